The number of carbonyl (C=O) groups excluding carboxylic acids is 3. The molecule has 2 aromatic rings. The smallest absolute Gasteiger partial charge is 0.266 e. The van der Waals surface area contributed by atoms with Gasteiger partial charge in [-0.3, -0.25) is 14.4 Å². The standard InChI is InChI=1S/C23H24N2O4/c1-3-29-18-9-7-17(8-10-18)25-22(27)19-11-6-16(13-20(19)23(25)28)21(26)24-12-4-5-15(2)14-24/h6-11,13,15H,3-5,12,14H2,1-2H3. The van der Waals surface area contributed by atoms with Gasteiger partial charge in [0.2, 0.25) is 0 Å². The van der Waals surface area contributed by atoms with Gasteiger partial charge in [-0.25, -0.2) is 4.90 Å². The Bertz CT molecular complexity index is 967. The number of anilines is 1. The van der Waals surface area contributed by atoms with Crippen molar-refractivity contribution < 1.29 is 19.1 Å². The van der Waals surface area contributed by atoms with E-state index in [9.17, 15) is 14.4 Å². The monoisotopic (exact) mass is 392 g/mol. The maximum Gasteiger partial charge on any atom is 0.266 e. The molecular formula is C23H24N2O4. The van der Waals surface area contributed by atoms with Crippen molar-refractivity contribution in [1.82, 2.24) is 4.90 Å². The van der Waals surface area contributed by atoms with Gasteiger partial charge in [-0.2, -0.15) is 0 Å². The largest absolute Gasteiger partial charge is 0.494 e. The predicted molar refractivity (Wildman–Crippen MR) is 109 cm³/mol. The van der Waals surface area contributed by atoms with E-state index < -0.39 is 5.91 Å². The van der Waals surface area contributed by atoms with E-state index in [1.807, 2.05) is 11.8 Å². The first-order chi connectivity index (χ1) is 14.0. The van der Waals surface area contributed by atoms with Gasteiger partial charge < -0.3 is 9.64 Å². The second kappa shape index (κ2) is 7.70. The zero-order valence-corrected chi connectivity index (χ0v) is 16.7. The molecule has 1 fully saturated rings. The molecule has 0 aliphatic carbocycles. The summed E-state index contributed by atoms with van der Waals surface area (Å²) in [6.45, 7) is 6.02. The predicted octanol–water partition coefficient (Wildman–Crippen LogP) is 3.76. The Hall–Kier alpha value is -3.15. The SMILES string of the molecule is CCOc1ccc(N2C(=O)c3ccc(C(=O)N4CCCC(C)C4)cc3C2=O)cc1. The third-order valence-electron chi connectivity index (χ3n) is 5.48. The van der Waals surface area contributed by atoms with Gasteiger partial charge in [-0.1, -0.05) is 6.92 Å². The first-order valence-electron chi connectivity index (χ1n) is 10.0. The minimum absolute atomic E-state index is 0.0842. The van der Waals surface area contributed by atoms with Crippen LogP contribution >= 0.6 is 0 Å². The molecule has 0 bridgehead atoms. The molecule has 3 amide bonds. The summed E-state index contributed by atoms with van der Waals surface area (Å²) in [5.74, 6) is 0.284. The van der Waals surface area contributed by atoms with Gasteiger partial charge in [-0.05, 0) is 68.1 Å². The molecule has 1 unspecified atom stereocenters. The molecule has 6 nitrogen and oxygen atoms in total. The molecule has 2 aliphatic rings. The highest BCUT2D eigenvalue weighted by molar-refractivity contribution is 6.34. The molecule has 1 saturated heterocycles. The maximum absolute atomic E-state index is 13.0. The topological polar surface area (TPSA) is 66.9 Å². The lowest BCUT2D eigenvalue weighted by Crippen LogP contribution is -2.39. The van der Waals surface area contributed by atoms with Crippen molar-refractivity contribution in [1.29, 1.82) is 0 Å². The summed E-state index contributed by atoms with van der Waals surface area (Å²) in [6, 6.07) is 11.6. The number of nitrogens with zero attached hydrogens (tertiary/aromatic N) is 2. The number of benzene rings is 2. The molecule has 2 aromatic carbocycles. The van der Waals surface area contributed by atoms with E-state index in [0.717, 1.165) is 30.8 Å². The van der Waals surface area contributed by atoms with E-state index in [-0.39, 0.29) is 17.4 Å². The van der Waals surface area contributed by atoms with Crippen molar-refractivity contribution in [3.63, 3.8) is 0 Å². The zero-order chi connectivity index (χ0) is 20.5. The number of hydrogen-bond donors (Lipinski definition) is 0. The van der Waals surface area contributed by atoms with E-state index in [0.29, 0.717) is 35.1 Å². The molecule has 150 valence electrons. The lowest BCUT2D eigenvalue weighted by molar-refractivity contribution is 0.0682. The lowest BCUT2D eigenvalue weighted by Gasteiger charge is -2.31. The molecule has 2 heterocycles. The number of amides is 3. The minimum atomic E-state index is -0.407. The number of imide groups is 1. The number of fused-ring (bicyclic) bond motifs is 1. The Morgan fingerprint density at radius 1 is 1.07 bits per heavy atom. The van der Waals surface area contributed by atoms with Crippen molar-refractivity contribution in [2.45, 2.75) is 26.7 Å². The van der Waals surface area contributed by atoms with Crippen LogP contribution in [0.4, 0.5) is 5.69 Å². The number of hydrogen-bond acceptors (Lipinski definition) is 4. The second-order valence-corrected chi connectivity index (χ2v) is 7.63. The third-order valence-corrected chi connectivity index (χ3v) is 5.48. The molecule has 29 heavy (non-hydrogen) atoms. The van der Waals surface area contributed by atoms with E-state index in [4.69, 9.17) is 4.74 Å². The van der Waals surface area contributed by atoms with Gasteiger partial charge in [0.05, 0.1) is 23.4 Å². The average Bonchev–Trinajstić information content (AvgIpc) is 2.98. The van der Waals surface area contributed by atoms with Crippen LogP contribution < -0.4 is 9.64 Å². The van der Waals surface area contributed by atoms with Crippen molar-refractivity contribution in [2.24, 2.45) is 5.92 Å². The summed E-state index contributed by atoms with van der Waals surface area (Å²) in [4.78, 5) is 41.7. The summed E-state index contributed by atoms with van der Waals surface area (Å²) >= 11 is 0. The van der Waals surface area contributed by atoms with E-state index in [1.54, 1.807) is 42.5 Å². The number of rotatable bonds is 4. The van der Waals surface area contributed by atoms with Gasteiger partial charge >= 0.3 is 0 Å². The highest BCUT2D eigenvalue weighted by Crippen LogP contribution is 2.30. The highest BCUT2D eigenvalue weighted by Gasteiger charge is 2.37. The first-order valence-corrected chi connectivity index (χ1v) is 10.0. The molecule has 0 saturated carbocycles. The number of piperidine rings is 1. The zero-order valence-electron chi connectivity index (χ0n) is 16.7. The molecule has 6 heteroatoms. The second-order valence-electron chi connectivity index (χ2n) is 7.63. The van der Waals surface area contributed by atoms with Gasteiger partial charge in [0.15, 0.2) is 0 Å². The fourth-order valence-corrected chi connectivity index (χ4v) is 4.02. The van der Waals surface area contributed by atoms with Crippen LogP contribution in [0.5, 0.6) is 5.75 Å². The van der Waals surface area contributed by atoms with Crippen LogP contribution in [0.1, 0.15) is 57.8 Å². The van der Waals surface area contributed by atoms with Gasteiger partial charge in [0, 0.05) is 18.7 Å². The molecule has 1 atom stereocenters. The summed E-state index contributed by atoms with van der Waals surface area (Å²) in [6.07, 6.45) is 2.11. The average molecular weight is 392 g/mol. The van der Waals surface area contributed by atoms with Crippen LogP contribution in [0.2, 0.25) is 0 Å². The van der Waals surface area contributed by atoms with Crippen LogP contribution in [0.3, 0.4) is 0 Å². The van der Waals surface area contributed by atoms with Crippen LogP contribution in [0, 0.1) is 5.92 Å². The molecule has 0 aromatic heterocycles. The van der Waals surface area contributed by atoms with Crippen molar-refractivity contribution in [2.75, 3.05) is 24.6 Å². The molecule has 0 spiro atoms. The van der Waals surface area contributed by atoms with Gasteiger partial charge in [-0.15, -0.1) is 0 Å². The fraction of sp³-hybridized carbons (Fsp3) is 0.348. The van der Waals surface area contributed by atoms with E-state index in [1.165, 1.54) is 0 Å². The summed E-state index contributed by atoms with van der Waals surface area (Å²) in [7, 11) is 0. The van der Waals surface area contributed by atoms with Crippen LogP contribution in [0.15, 0.2) is 42.5 Å². The Labute approximate surface area is 170 Å². The van der Waals surface area contributed by atoms with Gasteiger partial charge in [0.25, 0.3) is 17.7 Å². The first kappa shape index (κ1) is 19.2. The Balaban J connectivity index is 1.60. The highest BCUT2D eigenvalue weighted by atomic mass is 16.5. The van der Waals surface area contributed by atoms with Crippen molar-refractivity contribution >= 4 is 23.4 Å². The third kappa shape index (κ3) is 3.50. The number of likely N-dealkylation sites (tertiary alicyclic amines) is 1. The van der Waals surface area contributed by atoms with Crippen LogP contribution in [0.25, 0.3) is 0 Å². The van der Waals surface area contributed by atoms with Crippen LogP contribution in [-0.4, -0.2) is 42.3 Å². The summed E-state index contributed by atoms with van der Waals surface area (Å²) < 4.78 is 5.42. The fourth-order valence-electron chi connectivity index (χ4n) is 4.02. The molecule has 0 radical (unpaired) electrons. The van der Waals surface area contributed by atoms with Gasteiger partial charge in [0.1, 0.15) is 5.75 Å². The normalized spacial score (nSPS) is 18.8. The van der Waals surface area contributed by atoms with Crippen molar-refractivity contribution in [3.8, 4) is 5.75 Å². The summed E-state index contributed by atoms with van der Waals surface area (Å²) in [5.41, 5.74) is 1.54. The van der Waals surface area contributed by atoms with E-state index in [2.05, 4.69) is 6.92 Å². The Morgan fingerprint density at radius 3 is 2.48 bits per heavy atom. The Morgan fingerprint density at radius 2 is 1.79 bits per heavy atom. The van der Waals surface area contributed by atoms with Crippen molar-refractivity contribution in [3.05, 3.63) is 59.2 Å². The molecular weight excluding hydrogens is 368 g/mol. The minimum Gasteiger partial charge on any atom is -0.494 e. The van der Waals surface area contributed by atoms with Crippen LogP contribution in [-0.2, 0) is 0 Å². The lowest BCUT2D eigenvalue weighted by atomic mass is 9.98. The molecule has 0 N–H and O–H groups in total. The summed E-state index contributed by atoms with van der Waals surface area (Å²) in [5, 5.41) is 0. The number of carbonyl (C=O) groups is 3. The van der Waals surface area contributed by atoms with E-state index >= 15 is 0 Å². The molecule has 2 aliphatic heterocycles. The maximum atomic E-state index is 13.0. The molecule has 4 rings (SSSR count). The number of ether oxygens (including phenoxy) is 1. The Kier molecular flexibility index (Phi) is 5.09. The quantitative estimate of drug-likeness (QED) is 0.743.